The maximum absolute atomic E-state index is 13.6. The average Bonchev–Trinajstić information content (AvgIpc) is 3.16. The lowest BCUT2D eigenvalue weighted by Gasteiger charge is -2.27. The minimum Gasteiger partial charge on any atom is -0.465 e. The normalized spacial score (nSPS) is 15.8. The van der Waals surface area contributed by atoms with E-state index in [-0.39, 0.29) is 34.3 Å². The van der Waals surface area contributed by atoms with Crippen LogP contribution in [0.4, 0.5) is 0 Å². The van der Waals surface area contributed by atoms with Gasteiger partial charge in [0.2, 0.25) is 5.76 Å². The van der Waals surface area contributed by atoms with Gasteiger partial charge in [-0.2, -0.15) is 0 Å². The Kier molecular flexibility index (Phi) is 5.88. The van der Waals surface area contributed by atoms with Gasteiger partial charge in [0.25, 0.3) is 5.91 Å². The molecule has 2 heterocycles. The van der Waals surface area contributed by atoms with E-state index in [2.05, 4.69) is 0 Å². The highest BCUT2D eigenvalue weighted by atomic mass is 35.5. The molecule has 1 amide bonds. The summed E-state index contributed by atoms with van der Waals surface area (Å²) in [7, 11) is 1.29. The standard InChI is InChI=1S/C27H20ClNO6/c1-34-27(33)17-9-7-16(8-10-17)23-22-24(31)19-13-18(28)11-12-21(19)35-25(22)26(32)29(23)14-20(30)15-5-3-2-4-6-15/h2-13,20,23,30H,14H2,1H3/t20-,23-/m0/s1. The fourth-order valence-corrected chi connectivity index (χ4v) is 4.59. The molecule has 5 rings (SSSR count). The van der Waals surface area contributed by atoms with Crippen LogP contribution in [-0.2, 0) is 4.74 Å². The third-order valence-electron chi connectivity index (χ3n) is 6.13. The van der Waals surface area contributed by atoms with E-state index in [0.717, 1.165) is 0 Å². The van der Waals surface area contributed by atoms with E-state index in [9.17, 15) is 19.5 Å². The van der Waals surface area contributed by atoms with Crippen LogP contribution in [0.3, 0.4) is 0 Å². The molecule has 176 valence electrons. The summed E-state index contributed by atoms with van der Waals surface area (Å²) in [5.41, 5.74) is 1.57. The summed E-state index contributed by atoms with van der Waals surface area (Å²) in [6.45, 7) is -0.0764. The number of esters is 1. The zero-order valence-corrected chi connectivity index (χ0v) is 19.4. The number of benzene rings is 3. The predicted molar refractivity (Wildman–Crippen MR) is 130 cm³/mol. The number of halogens is 1. The molecular formula is C27H20ClNO6. The van der Waals surface area contributed by atoms with Gasteiger partial charge in [-0.05, 0) is 41.5 Å². The van der Waals surface area contributed by atoms with E-state index < -0.39 is 24.0 Å². The molecule has 0 saturated heterocycles. The zero-order chi connectivity index (χ0) is 24.7. The van der Waals surface area contributed by atoms with E-state index in [1.165, 1.54) is 18.1 Å². The Morgan fingerprint density at radius 3 is 2.49 bits per heavy atom. The molecular weight excluding hydrogens is 470 g/mol. The number of hydrogen-bond acceptors (Lipinski definition) is 6. The number of β-amino-alcohol motifs (C(OH)–C–C–N with tert-alkyl or cyclic N) is 1. The van der Waals surface area contributed by atoms with Crippen LogP contribution in [0.15, 0.2) is 82.0 Å². The molecule has 7 nitrogen and oxygen atoms in total. The number of carbonyl (C=O) groups is 2. The highest BCUT2D eigenvalue weighted by molar-refractivity contribution is 6.31. The Morgan fingerprint density at radius 2 is 1.80 bits per heavy atom. The maximum Gasteiger partial charge on any atom is 0.337 e. The molecule has 2 atom stereocenters. The monoisotopic (exact) mass is 489 g/mol. The van der Waals surface area contributed by atoms with Crippen LogP contribution in [-0.4, -0.2) is 35.5 Å². The summed E-state index contributed by atoms with van der Waals surface area (Å²) < 4.78 is 10.7. The van der Waals surface area contributed by atoms with Gasteiger partial charge in [0.15, 0.2) is 5.43 Å². The van der Waals surface area contributed by atoms with Gasteiger partial charge in [-0.3, -0.25) is 9.59 Å². The van der Waals surface area contributed by atoms with E-state index >= 15 is 0 Å². The summed E-state index contributed by atoms with van der Waals surface area (Å²) in [6, 6.07) is 19.2. The Bertz CT molecular complexity index is 1500. The fraction of sp³-hybridized carbons (Fsp3) is 0.148. The van der Waals surface area contributed by atoms with Crippen molar-refractivity contribution < 1.29 is 23.8 Å². The first kappa shape index (κ1) is 22.8. The van der Waals surface area contributed by atoms with Crippen LogP contribution in [0.25, 0.3) is 11.0 Å². The van der Waals surface area contributed by atoms with Crippen molar-refractivity contribution >= 4 is 34.4 Å². The van der Waals surface area contributed by atoms with Crippen molar-refractivity contribution in [2.45, 2.75) is 12.1 Å². The number of nitrogens with zero attached hydrogens (tertiary/aromatic N) is 1. The summed E-state index contributed by atoms with van der Waals surface area (Å²) in [6.07, 6.45) is -0.995. The lowest BCUT2D eigenvalue weighted by atomic mass is 9.97. The first-order valence-corrected chi connectivity index (χ1v) is 11.3. The summed E-state index contributed by atoms with van der Waals surface area (Å²) in [5, 5.41) is 11.5. The largest absolute Gasteiger partial charge is 0.465 e. The van der Waals surface area contributed by atoms with Crippen LogP contribution >= 0.6 is 11.6 Å². The quantitative estimate of drug-likeness (QED) is 0.414. The van der Waals surface area contributed by atoms with Crippen LogP contribution in [0.5, 0.6) is 0 Å². The van der Waals surface area contributed by atoms with Gasteiger partial charge in [-0.25, -0.2) is 4.79 Å². The number of aliphatic hydroxyl groups is 1. The van der Waals surface area contributed by atoms with Gasteiger partial charge in [0.05, 0.1) is 42.3 Å². The van der Waals surface area contributed by atoms with Crippen molar-refractivity contribution in [2.75, 3.05) is 13.7 Å². The van der Waals surface area contributed by atoms with Crippen molar-refractivity contribution in [1.29, 1.82) is 0 Å². The SMILES string of the molecule is COC(=O)c1ccc([C@H]2c3c(oc4ccc(Cl)cc4c3=O)C(=O)N2C[C@H](O)c2ccccc2)cc1. The van der Waals surface area contributed by atoms with Crippen molar-refractivity contribution in [3.8, 4) is 0 Å². The smallest absolute Gasteiger partial charge is 0.337 e. The van der Waals surface area contributed by atoms with Gasteiger partial charge < -0.3 is 19.2 Å². The van der Waals surface area contributed by atoms with Gasteiger partial charge in [0, 0.05) is 5.02 Å². The molecule has 1 N–H and O–H groups in total. The van der Waals surface area contributed by atoms with E-state index in [4.69, 9.17) is 20.8 Å². The molecule has 0 aliphatic carbocycles. The molecule has 4 aromatic rings. The second-order valence-electron chi connectivity index (χ2n) is 8.21. The Labute approximate surface area is 205 Å². The van der Waals surface area contributed by atoms with Gasteiger partial charge >= 0.3 is 5.97 Å². The highest BCUT2D eigenvalue weighted by Crippen LogP contribution is 2.39. The topological polar surface area (TPSA) is 97.0 Å². The number of methoxy groups -OCH3 is 1. The number of hydrogen-bond donors (Lipinski definition) is 1. The molecule has 3 aromatic carbocycles. The third-order valence-corrected chi connectivity index (χ3v) is 6.36. The van der Waals surface area contributed by atoms with Crippen LogP contribution in [0.2, 0.25) is 5.02 Å². The Morgan fingerprint density at radius 1 is 1.09 bits per heavy atom. The van der Waals surface area contributed by atoms with Gasteiger partial charge in [-0.1, -0.05) is 54.1 Å². The first-order chi connectivity index (χ1) is 16.9. The fourth-order valence-electron chi connectivity index (χ4n) is 4.41. The second-order valence-corrected chi connectivity index (χ2v) is 8.65. The second kappa shape index (κ2) is 9.02. The number of rotatable bonds is 5. The summed E-state index contributed by atoms with van der Waals surface area (Å²) in [4.78, 5) is 40.4. The van der Waals surface area contributed by atoms with Crippen LogP contribution < -0.4 is 5.43 Å². The van der Waals surface area contributed by atoms with Crippen LogP contribution in [0.1, 0.15) is 49.7 Å². The van der Waals surface area contributed by atoms with Crippen molar-refractivity contribution in [3.05, 3.63) is 116 Å². The molecule has 1 aromatic heterocycles. The number of ether oxygens (including phenoxy) is 1. The van der Waals surface area contributed by atoms with E-state index in [1.54, 1.807) is 60.7 Å². The molecule has 0 fully saturated rings. The molecule has 0 unspecified atom stereocenters. The van der Waals surface area contributed by atoms with Gasteiger partial charge in [-0.15, -0.1) is 0 Å². The maximum atomic E-state index is 13.6. The van der Waals surface area contributed by atoms with E-state index in [1.807, 2.05) is 6.07 Å². The predicted octanol–water partition coefficient (Wildman–Crippen LogP) is 4.51. The van der Waals surface area contributed by atoms with Crippen molar-refractivity contribution in [1.82, 2.24) is 4.90 Å². The molecule has 35 heavy (non-hydrogen) atoms. The molecule has 0 radical (unpaired) electrons. The molecule has 0 spiro atoms. The molecule has 1 aliphatic rings. The minimum atomic E-state index is -0.995. The average molecular weight is 490 g/mol. The molecule has 0 saturated carbocycles. The Hall–Kier alpha value is -3.94. The van der Waals surface area contributed by atoms with Crippen molar-refractivity contribution in [3.63, 3.8) is 0 Å². The van der Waals surface area contributed by atoms with Crippen LogP contribution in [0, 0.1) is 0 Å². The summed E-state index contributed by atoms with van der Waals surface area (Å²) >= 11 is 6.12. The minimum absolute atomic E-state index is 0.0764. The lowest BCUT2D eigenvalue weighted by Crippen LogP contribution is -2.33. The number of carbonyl (C=O) groups excluding carboxylic acids is 2. The molecule has 0 bridgehead atoms. The number of amides is 1. The lowest BCUT2D eigenvalue weighted by molar-refractivity contribution is 0.0579. The highest BCUT2D eigenvalue weighted by Gasteiger charge is 2.43. The van der Waals surface area contributed by atoms with E-state index in [0.29, 0.717) is 21.7 Å². The molecule has 8 heteroatoms. The molecule has 1 aliphatic heterocycles. The van der Waals surface area contributed by atoms with Crippen molar-refractivity contribution in [2.24, 2.45) is 0 Å². The summed E-state index contributed by atoms with van der Waals surface area (Å²) in [5.74, 6) is -1.09. The van der Waals surface area contributed by atoms with Gasteiger partial charge in [0.1, 0.15) is 5.58 Å². The first-order valence-electron chi connectivity index (χ1n) is 10.9. The number of fused-ring (bicyclic) bond motifs is 2. The third kappa shape index (κ3) is 3.99. The number of aliphatic hydroxyl groups excluding tert-OH is 1. The Balaban J connectivity index is 1.66. The zero-order valence-electron chi connectivity index (χ0n) is 18.6.